The van der Waals surface area contributed by atoms with Gasteiger partial charge in [-0.1, -0.05) is 25.7 Å². The number of nitrogens with zero attached hydrogens (tertiary/aromatic N) is 1. The molecule has 116 valence electrons. The molecule has 0 atom stereocenters. The average Bonchev–Trinajstić information content (AvgIpc) is 2.45. The predicted molar refractivity (Wildman–Crippen MR) is 84.3 cm³/mol. The Morgan fingerprint density at radius 2 is 1.86 bits per heavy atom. The number of aliphatic hydroxyl groups excluding tert-OH is 1. The number of hydrogen-bond donors (Lipinski definition) is 1. The Labute approximate surface area is 127 Å². The third-order valence-corrected chi connectivity index (χ3v) is 4.92. The van der Waals surface area contributed by atoms with Gasteiger partial charge in [-0.3, -0.25) is 0 Å². The van der Waals surface area contributed by atoms with Crippen molar-refractivity contribution in [1.82, 2.24) is 4.31 Å². The van der Waals surface area contributed by atoms with Crippen LogP contribution in [0.4, 0.5) is 0 Å². The maximum absolute atomic E-state index is 12.4. The zero-order valence-electron chi connectivity index (χ0n) is 12.8. The molecule has 0 spiro atoms. The first-order chi connectivity index (χ1) is 9.87. The van der Waals surface area contributed by atoms with Gasteiger partial charge < -0.3 is 5.11 Å². The van der Waals surface area contributed by atoms with Crippen LogP contribution >= 0.6 is 0 Å². The Hall–Kier alpha value is -1.35. The van der Waals surface area contributed by atoms with Crippen molar-refractivity contribution in [2.75, 3.05) is 20.2 Å². The molecule has 0 radical (unpaired) electrons. The molecule has 5 heteroatoms. The molecule has 1 rings (SSSR count). The van der Waals surface area contributed by atoms with Crippen molar-refractivity contribution in [2.45, 2.75) is 31.6 Å². The summed E-state index contributed by atoms with van der Waals surface area (Å²) in [5, 5.41) is 8.66. The van der Waals surface area contributed by atoms with Crippen molar-refractivity contribution in [1.29, 1.82) is 0 Å². The van der Waals surface area contributed by atoms with Crippen molar-refractivity contribution >= 4 is 10.0 Å². The highest BCUT2D eigenvalue weighted by atomic mass is 32.2. The fourth-order valence-corrected chi connectivity index (χ4v) is 2.86. The normalized spacial score (nSPS) is 11.5. The lowest BCUT2D eigenvalue weighted by molar-refractivity contribution is 0.305. The molecule has 4 nitrogen and oxygen atoms in total. The van der Waals surface area contributed by atoms with Crippen molar-refractivity contribution in [3.63, 3.8) is 0 Å². The van der Waals surface area contributed by atoms with E-state index in [1.54, 1.807) is 31.3 Å². The Balaban J connectivity index is 2.83. The van der Waals surface area contributed by atoms with E-state index in [1.165, 1.54) is 4.31 Å². The summed E-state index contributed by atoms with van der Waals surface area (Å²) in [4.78, 5) is 0.279. The van der Waals surface area contributed by atoms with Crippen LogP contribution in [-0.4, -0.2) is 38.0 Å². The van der Waals surface area contributed by atoms with Gasteiger partial charge in [-0.15, -0.1) is 0 Å². The first kappa shape index (κ1) is 17.7. The largest absolute Gasteiger partial charge is 0.395 e. The number of aliphatic hydroxyl groups is 1. The Morgan fingerprint density at radius 3 is 2.38 bits per heavy atom. The first-order valence-electron chi connectivity index (χ1n) is 7.04. The molecule has 0 heterocycles. The second-order valence-electron chi connectivity index (χ2n) is 5.31. The summed E-state index contributed by atoms with van der Waals surface area (Å²) in [6.45, 7) is 4.68. The van der Waals surface area contributed by atoms with E-state index in [-0.39, 0.29) is 11.5 Å². The standard InChI is InChI=1S/C16H23NO3S/c1-14(2)11-12-17(3)21(19,20)16-9-7-15(8-10-16)6-4-5-13-18/h7-10,14,18H,5,11-13H2,1-3H3. The van der Waals surface area contributed by atoms with Crippen LogP contribution in [0.15, 0.2) is 29.2 Å². The molecule has 0 bridgehead atoms. The van der Waals surface area contributed by atoms with Gasteiger partial charge in [0.1, 0.15) is 0 Å². The van der Waals surface area contributed by atoms with Crippen LogP contribution in [0.25, 0.3) is 0 Å². The molecule has 21 heavy (non-hydrogen) atoms. The number of benzene rings is 1. The fraction of sp³-hybridized carbons (Fsp3) is 0.500. The molecule has 1 aromatic rings. The van der Waals surface area contributed by atoms with E-state index in [4.69, 9.17) is 5.11 Å². The molecule has 0 fully saturated rings. The zero-order valence-corrected chi connectivity index (χ0v) is 13.7. The van der Waals surface area contributed by atoms with Crippen LogP contribution in [0, 0.1) is 17.8 Å². The van der Waals surface area contributed by atoms with E-state index in [9.17, 15) is 8.42 Å². The van der Waals surface area contributed by atoms with E-state index < -0.39 is 10.0 Å². The highest BCUT2D eigenvalue weighted by Gasteiger charge is 2.20. The SMILES string of the molecule is CC(C)CCN(C)S(=O)(=O)c1ccc(C#CCCO)cc1. The molecule has 0 unspecified atom stereocenters. The van der Waals surface area contributed by atoms with Gasteiger partial charge in [0.15, 0.2) is 0 Å². The van der Waals surface area contributed by atoms with E-state index in [1.807, 2.05) is 0 Å². The lowest BCUT2D eigenvalue weighted by Gasteiger charge is -2.18. The van der Waals surface area contributed by atoms with E-state index in [2.05, 4.69) is 25.7 Å². The summed E-state index contributed by atoms with van der Waals surface area (Å²) < 4.78 is 26.1. The molecule has 0 saturated heterocycles. The third kappa shape index (κ3) is 5.50. The smallest absolute Gasteiger partial charge is 0.242 e. The van der Waals surface area contributed by atoms with Crippen molar-refractivity contribution in [3.8, 4) is 11.8 Å². The summed E-state index contributed by atoms with van der Waals surface area (Å²) in [7, 11) is -1.83. The minimum Gasteiger partial charge on any atom is -0.395 e. The van der Waals surface area contributed by atoms with Gasteiger partial charge in [0, 0.05) is 25.6 Å². The van der Waals surface area contributed by atoms with Crippen LogP contribution in [0.3, 0.4) is 0 Å². The topological polar surface area (TPSA) is 57.6 Å². The Kier molecular flexibility index (Phi) is 6.90. The average molecular weight is 309 g/mol. The van der Waals surface area contributed by atoms with Gasteiger partial charge in [-0.25, -0.2) is 12.7 Å². The van der Waals surface area contributed by atoms with Gasteiger partial charge in [-0.05, 0) is 36.6 Å². The van der Waals surface area contributed by atoms with Crippen molar-refractivity contribution in [2.24, 2.45) is 5.92 Å². The summed E-state index contributed by atoms with van der Waals surface area (Å²) in [5.74, 6) is 6.14. The number of rotatable bonds is 6. The molecule has 0 aliphatic heterocycles. The summed E-state index contributed by atoms with van der Waals surface area (Å²) in [6.07, 6.45) is 1.25. The summed E-state index contributed by atoms with van der Waals surface area (Å²) in [6, 6.07) is 6.52. The quantitative estimate of drug-likeness (QED) is 0.819. The molecule has 1 aromatic carbocycles. The monoisotopic (exact) mass is 309 g/mol. The first-order valence-corrected chi connectivity index (χ1v) is 8.48. The maximum Gasteiger partial charge on any atom is 0.242 e. The second kappa shape index (κ2) is 8.18. The fourth-order valence-electron chi connectivity index (χ4n) is 1.67. The van der Waals surface area contributed by atoms with Crippen LogP contribution in [-0.2, 0) is 10.0 Å². The molecule has 0 amide bonds. The van der Waals surface area contributed by atoms with Gasteiger partial charge in [0.2, 0.25) is 10.0 Å². The van der Waals surface area contributed by atoms with Gasteiger partial charge >= 0.3 is 0 Å². The van der Waals surface area contributed by atoms with E-state index in [0.29, 0.717) is 18.9 Å². The molecule has 0 saturated carbocycles. The highest BCUT2D eigenvalue weighted by molar-refractivity contribution is 7.89. The zero-order chi connectivity index (χ0) is 15.9. The Bertz CT molecular complexity index is 595. The lowest BCUT2D eigenvalue weighted by Crippen LogP contribution is -2.28. The predicted octanol–water partition coefficient (Wildman–Crippen LogP) is 2.09. The molecular weight excluding hydrogens is 286 g/mol. The van der Waals surface area contributed by atoms with Gasteiger partial charge in [0.25, 0.3) is 0 Å². The molecule has 1 N–H and O–H groups in total. The highest BCUT2D eigenvalue weighted by Crippen LogP contribution is 2.16. The van der Waals surface area contributed by atoms with E-state index in [0.717, 1.165) is 12.0 Å². The Morgan fingerprint density at radius 1 is 1.24 bits per heavy atom. The molecular formula is C16H23NO3S. The van der Waals surface area contributed by atoms with Crippen LogP contribution in [0.2, 0.25) is 0 Å². The van der Waals surface area contributed by atoms with Crippen LogP contribution in [0.1, 0.15) is 32.3 Å². The third-order valence-electron chi connectivity index (χ3n) is 3.05. The minimum absolute atomic E-state index is 0.0279. The molecule has 0 aliphatic rings. The summed E-state index contributed by atoms with van der Waals surface area (Å²) in [5.41, 5.74) is 0.743. The second-order valence-corrected chi connectivity index (χ2v) is 7.35. The van der Waals surface area contributed by atoms with Gasteiger partial charge in [0.05, 0.1) is 11.5 Å². The maximum atomic E-state index is 12.4. The molecule has 0 aliphatic carbocycles. The van der Waals surface area contributed by atoms with Gasteiger partial charge in [-0.2, -0.15) is 0 Å². The lowest BCUT2D eigenvalue weighted by atomic mass is 10.1. The summed E-state index contributed by atoms with van der Waals surface area (Å²) >= 11 is 0. The van der Waals surface area contributed by atoms with Crippen LogP contribution in [0.5, 0.6) is 0 Å². The molecule has 0 aromatic heterocycles. The van der Waals surface area contributed by atoms with Crippen LogP contribution < -0.4 is 0 Å². The number of hydrogen-bond acceptors (Lipinski definition) is 3. The van der Waals surface area contributed by atoms with Crippen molar-refractivity contribution < 1.29 is 13.5 Å². The van der Waals surface area contributed by atoms with E-state index >= 15 is 0 Å². The number of sulfonamides is 1. The van der Waals surface area contributed by atoms with Crippen molar-refractivity contribution in [3.05, 3.63) is 29.8 Å². The minimum atomic E-state index is -3.43.